The van der Waals surface area contributed by atoms with Crippen molar-refractivity contribution >= 4 is 23.0 Å². The van der Waals surface area contributed by atoms with Crippen molar-refractivity contribution in [2.75, 3.05) is 0 Å². The van der Waals surface area contributed by atoms with Gasteiger partial charge in [0, 0.05) is 0 Å². The molecule has 0 spiro atoms. The Bertz CT molecular complexity index is 457. The van der Waals surface area contributed by atoms with E-state index in [1.807, 2.05) is 0 Å². The van der Waals surface area contributed by atoms with Crippen molar-refractivity contribution in [3.8, 4) is 0 Å². The van der Waals surface area contributed by atoms with Crippen LogP contribution < -0.4 is 8.85 Å². The van der Waals surface area contributed by atoms with Crippen LogP contribution in [0.25, 0.3) is 0 Å². The number of aryl methyl sites for hydroxylation is 2. The minimum atomic E-state index is -1.01. The molecule has 86 valence electrons. The predicted molar refractivity (Wildman–Crippen MR) is 77.9 cm³/mol. The van der Waals surface area contributed by atoms with Crippen molar-refractivity contribution < 1.29 is 0 Å². The molecule has 17 heavy (non-hydrogen) atoms. The zero-order valence-electron chi connectivity index (χ0n) is 10.9. The van der Waals surface area contributed by atoms with Crippen LogP contribution in [0.5, 0.6) is 0 Å². The highest BCUT2D eigenvalue weighted by Crippen LogP contribution is 2.04. The van der Waals surface area contributed by atoms with E-state index >= 15 is 0 Å². The summed E-state index contributed by atoms with van der Waals surface area (Å²) in [4.78, 5) is 0. The van der Waals surface area contributed by atoms with Gasteiger partial charge in [-0.1, -0.05) is 71.9 Å². The van der Waals surface area contributed by atoms with Crippen molar-refractivity contribution in [2.45, 2.75) is 26.1 Å². The molecule has 0 aliphatic heterocycles. The fourth-order valence-corrected chi connectivity index (χ4v) is 5.76. The third-order valence-corrected chi connectivity index (χ3v) is 7.15. The number of hydrogen-bond acceptors (Lipinski definition) is 0. The van der Waals surface area contributed by atoms with Gasteiger partial charge >= 0.3 is 14.1 Å². The molecule has 0 bridgehead atoms. The maximum atomic E-state index is 2.33. The topological polar surface area (TPSA) is 0 Å². The molecule has 0 atom stereocenters. The number of benzene rings is 2. The first kappa shape index (κ1) is 12.4. The zero-order chi connectivity index (χ0) is 12.3. The Morgan fingerprint density at radius 3 is 1.53 bits per heavy atom. The summed E-state index contributed by atoms with van der Waals surface area (Å²) in [5.41, 5.74) is 2.91. The van der Waals surface area contributed by atoms with Gasteiger partial charge in [-0.15, -0.1) is 8.85 Å². The fraction of sp³-hybridized carbons (Fsp3) is 0.250. The molecule has 0 fully saturated rings. The highest BCUT2D eigenvalue weighted by atomic mass is 27.2. The van der Waals surface area contributed by atoms with Crippen LogP contribution in [0, 0.1) is 13.8 Å². The molecular formula is C16H19Al. The Morgan fingerprint density at radius 1 is 0.765 bits per heavy atom. The summed E-state index contributed by atoms with van der Waals surface area (Å²) in [6, 6.07) is 17.7. The molecule has 2 aromatic rings. The quantitative estimate of drug-likeness (QED) is 0.721. The summed E-state index contributed by atoms with van der Waals surface area (Å²) in [6.07, 6.45) is 0. The van der Waals surface area contributed by atoms with Gasteiger partial charge in [0.15, 0.2) is 0 Å². The molecule has 2 rings (SSSR count). The maximum Gasteiger partial charge on any atom is 0.346 e. The van der Waals surface area contributed by atoms with Gasteiger partial charge in [-0.2, -0.15) is 0 Å². The standard InChI is InChI=1S/2C7H7.C2H5.Al/c2*1-7-5-3-2-4-6-7;1-2;/h2*2-5H,1H3;1H2,2H3;. The molecule has 0 radical (unpaired) electrons. The van der Waals surface area contributed by atoms with Crippen molar-refractivity contribution in [1.82, 2.24) is 0 Å². The Hall–Kier alpha value is -1.03. The molecular weight excluding hydrogens is 219 g/mol. The lowest BCUT2D eigenvalue weighted by Gasteiger charge is -2.15. The van der Waals surface area contributed by atoms with Crippen LogP contribution in [0.1, 0.15) is 18.1 Å². The molecule has 0 aliphatic carbocycles. The van der Waals surface area contributed by atoms with Crippen LogP contribution in [-0.2, 0) is 0 Å². The van der Waals surface area contributed by atoms with E-state index in [1.165, 1.54) is 16.4 Å². The second-order valence-corrected chi connectivity index (χ2v) is 7.84. The average Bonchev–Trinajstić information content (AvgIpc) is 2.34. The van der Waals surface area contributed by atoms with E-state index in [4.69, 9.17) is 0 Å². The Morgan fingerprint density at radius 2 is 1.18 bits per heavy atom. The first-order valence-corrected chi connectivity index (χ1v) is 8.32. The van der Waals surface area contributed by atoms with E-state index in [0.717, 1.165) is 0 Å². The van der Waals surface area contributed by atoms with Gasteiger partial charge in [0.05, 0.1) is 0 Å². The van der Waals surface area contributed by atoms with Crippen molar-refractivity contribution in [3.05, 3.63) is 59.7 Å². The lowest BCUT2D eigenvalue weighted by molar-refractivity contribution is 1.40. The minimum Gasteiger partial charge on any atom is -0.101 e. The minimum absolute atomic E-state index is 1.01. The number of hydrogen-bond donors (Lipinski definition) is 0. The second-order valence-electron chi connectivity index (χ2n) is 4.67. The fourth-order valence-electron chi connectivity index (χ4n) is 2.56. The largest absolute Gasteiger partial charge is 0.346 e. The molecule has 0 unspecified atom stereocenters. The van der Waals surface area contributed by atoms with Crippen molar-refractivity contribution in [3.63, 3.8) is 0 Å². The summed E-state index contributed by atoms with van der Waals surface area (Å²) >= 11 is -1.01. The lowest BCUT2D eigenvalue weighted by atomic mass is 10.2. The summed E-state index contributed by atoms with van der Waals surface area (Å²) in [5.74, 6) is 0. The average molecular weight is 238 g/mol. The highest BCUT2D eigenvalue weighted by molar-refractivity contribution is 6.85. The van der Waals surface area contributed by atoms with Crippen molar-refractivity contribution in [2.24, 2.45) is 0 Å². The molecule has 1 heteroatoms. The van der Waals surface area contributed by atoms with Crippen LogP contribution in [0.3, 0.4) is 0 Å². The molecule has 0 heterocycles. The summed E-state index contributed by atoms with van der Waals surface area (Å²) in [5, 5.41) is 1.29. The van der Waals surface area contributed by atoms with E-state index < -0.39 is 14.1 Å². The zero-order valence-corrected chi connectivity index (χ0v) is 12.1. The SMILES string of the molecule is C[CH2][Al]([c]1ccccc1C)[c]1ccccc1C. The van der Waals surface area contributed by atoms with Gasteiger partial charge in [0.25, 0.3) is 0 Å². The van der Waals surface area contributed by atoms with Crippen LogP contribution in [0.4, 0.5) is 0 Å². The third kappa shape index (κ3) is 2.63. The Kier molecular flexibility index (Phi) is 4.05. The summed E-state index contributed by atoms with van der Waals surface area (Å²) in [6.45, 7) is 6.81. The third-order valence-electron chi connectivity index (χ3n) is 3.54. The molecule has 0 nitrogen and oxygen atoms in total. The van der Waals surface area contributed by atoms with Gasteiger partial charge in [-0.25, -0.2) is 0 Å². The van der Waals surface area contributed by atoms with Gasteiger partial charge in [0.1, 0.15) is 0 Å². The molecule has 0 N–H and O–H groups in total. The smallest absolute Gasteiger partial charge is 0.101 e. The van der Waals surface area contributed by atoms with Gasteiger partial charge in [-0.3, -0.25) is 0 Å². The molecule has 0 amide bonds. The first-order chi connectivity index (χ1) is 8.24. The van der Waals surface area contributed by atoms with E-state index in [2.05, 4.69) is 69.3 Å². The van der Waals surface area contributed by atoms with Gasteiger partial charge in [-0.05, 0) is 13.8 Å². The van der Waals surface area contributed by atoms with Crippen LogP contribution in [-0.4, -0.2) is 14.1 Å². The molecule has 0 saturated carbocycles. The molecule has 0 aromatic heterocycles. The van der Waals surface area contributed by atoms with Gasteiger partial charge < -0.3 is 0 Å². The lowest BCUT2D eigenvalue weighted by Crippen LogP contribution is -2.43. The van der Waals surface area contributed by atoms with E-state index in [0.29, 0.717) is 0 Å². The Labute approximate surface area is 109 Å². The van der Waals surface area contributed by atoms with Crippen LogP contribution >= 0.6 is 0 Å². The molecule has 0 aliphatic rings. The molecule has 2 aromatic carbocycles. The molecule has 0 saturated heterocycles. The van der Waals surface area contributed by atoms with E-state index in [9.17, 15) is 0 Å². The highest BCUT2D eigenvalue weighted by Gasteiger charge is 2.22. The van der Waals surface area contributed by atoms with Crippen LogP contribution in [0.15, 0.2) is 48.5 Å². The maximum absolute atomic E-state index is 2.33. The van der Waals surface area contributed by atoms with Gasteiger partial charge in [0.2, 0.25) is 0 Å². The monoisotopic (exact) mass is 238 g/mol. The van der Waals surface area contributed by atoms with Crippen molar-refractivity contribution in [1.29, 1.82) is 0 Å². The summed E-state index contributed by atoms with van der Waals surface area (Å²) < 4.78 is 3.20. The Balaban J connectivity index is 2.48. The van der Waals surface area contributed by atoms with E-state index in [1.54, 1.807) is 8.85 Å². The number of rotatable bonds is 3. The predicted octanol–water partition coefficient (Wildman–Crippen LogP) is 2.93. The normalized spacial score (nSPS) is 10.3. The van der Waals surface area contributed by atoms with E-state index in [-0.39, 0.29) is 0 Å². The summed E-state index contributed by atoms with van der Waals surface area (Å²) in [7, 11) is 0. The van der Waals surface area contributed by atoms with Crippen LogP contribution in [0.2, 0.25) is 5.28 Å². The first-order valence-electron chi connectivity index (χ1n) is 6.35. The second kappa shape index (κ2) is 5.54.